The van der Waals surface area contributed by atoms with Gasteiger partial charge in [-0.05, 0) is 37.8 Å². The Morgan fingerprint density at radius 3 is 2.85 bits per heavy atom. The molecule has 2 heterocycles. The van der Waals surface area contributed by atoms with Gasteiger partial charge in [-0.25, -0.2) is 4.98 Å². The Hall–Kier alpha value is -2.43. The highest BCUT2D eigenvalue weighted by Crippen LogP contribution is 2.30. The first-order valence-corrected chi connectivity index (χ1v) is 6.68. The van der Waals surface area contributed by atoms with Gasteiger partial charge < -0.3 is 10.4 Å². The number of nitrogens with zero attached hydrogens (tertiary/aromatic N) is 2. The zero-order chi connectivity index (χ0) is 13.9. The molecule has 0 unspecified atom stereocenters. The number of amides is 1. The number of aryl methyl sites for hydroxylation is 1. The van der Waals surface area contributed by atoms with Crippen LogP contribution in [0.25, 0.3) is 0 Å². The topological polar surface area (TPSA) is 75.1 Å². The van der Waals surface area contributed by atoms with Crippen molar-refractivity contribution in [3.8, 4) is 5.75 Å². The summed E-state index contributed by atoms with van der Waals surface area (Å²) in [5.41, 5.74) is 1.92. The lowest BCUT2D eigenvalue weighted by Gasteiger charge is -2.17. The molecule has 102 valence electrons. The lowest BCUT2D eigenvalue weighted by atomic mass is 9.94. The first-order chi connectivity index (χ1) is 9.75. The van der Waals surface area contributed by atoms with Gasteiger partial charge in [-0.15, -0.1) is 0 Å². The molecule has 5 heteroatoms. The Morgan fingerprint density at radius 1 is 1.20 bits per heavy atom. The van der Waals surface area contributed by atoms with E-state index in [9.17, 15) is 9.90 Å². The van der Waals surface area contributed by atoms with Crippen LogP contribution < -0.4 is 5.32 Å². The minimum atomic E-state index is -0.387. The second kappa shape index (κ2) is 5.28. The monoisotopic (exact) mass is 269 g/mol. The molecule has 2 aromatic rings. The molecule has 2 aromatic heterocycles. The van der Waals surface area contributed by atoms with Crippen molar-refractivity contribution in [1.82, 2.24) is 9.97 Å². The number of aromatic nitrogens is 2. The van der Waals surface area contributed by atoms with Crippen molar-refractivity contribution in [2.75, 3.05) is 5.32 Å². The van der Waals surface area contributed by atoms with Crippen LogP contribution in [0.2, 0.25) is 0 Å². The molecule has 0 bridgehead atoms. The van der Waals surface area contributed by atoms with Crippen LogP contribution in [0.1, 0.15) is 34.5 Å². The van der Waals surface area contributed by atoms with Crippen molar-refractivity contribution in [2.24, 2.45) is 0 Å². The van der Waals surface area contributed by atoms with Crippen molar-refractivity contribution in [2.45, 2.75) is 25.7 Å². The van der Waals surface area contributed by atoms with E-state index < -0.39 is 0 Å². The predicted octanol–water partition coefficient (Wildman–Crippen LogP) is 2.31. The Bertz CT molecular complexity index is 641. The zero-order valence-electron chi connectivity index (χ0n) is 11.0. The van der Waals surface area contributed by atoms with E-state index in [1.807, 2.05) is 0 Å². The quantitative estimate of drug-likeness (QED) is 0.877. The van der Waals surface area contributed by atoms with Crippen molar-refractivity contribution < 1.29 is 9.90 Å². The fraction of sp³-hybridized carbons (Fsp3) is 0.267. The summed E-state index contributed by atoms with van der Waals surface area (Å²) >= 11 is 0. The van der Waals surface area contributed by atoms with E-state index in [2.05, 4.69) is 15.3 Å². The Labute approximate surface area is 116 Å². The molecule has 0 aliphatic heterocycles. The van der Waals surface area contributed by atoms with E-state index in [1.54, 1.807) is 24.4 Å². The number of rotatable bonds is 2. The van der Waals surface area contributed by atoms with Crippen LogP contribution in [0.15, 0.2) is 30.6 Å². The highest BCUT2D eigenvalue weighted by molar-refractivity contribution is 6.05. The second-order valence-electron chi connectivity index (χ2n) is 4.82. The molecular weight excluding hydrogens is 254 g/mol. The molecule has 1 amide bonds. The summed E-state index contributed by atoms with van der Waals surface area (Å²) < 4.78 is 0. The summed E-state index contributed by atoms with van der Waals surface area (Å²) in [7, 11) is 0. The number of nitrogens with one attached hydrogen (secondary N) is 1. The van der Waals surface area contributed by atoms with E-state index >= 15 is 0 Å². The predicted molar refractivity (Wildman–Crippen MR) is 74.7 cm³/mol. The largest absolute Gasteiger partial charge is 0.507 e. The second-order valence-corrected chi connectivity index (χ2v) is 4.82. The number of hydrogen-bond acceptors (Lipinski definition) is 4. The van der Waals surface area contributed by atoms with Gasteiger partial charge in [0.2, 0.25) is 0 Å². The Kier molecular flexibility index (Phi) is 3.33. The molecule has 20 heavy (non-hydrogen) atoms. The van der Waals surface area contributed by atoms with Crippen LogP contribution in [-0.4, -0.2) is 21.0 Å². The Balaban J connectivity index is 1.89. The average molecular weight is 269 g/mol. The van der Waals surface area contributed by atoms with Crippen LogP contribution in [0.3, 0.4) is 0 Å². The van der Waals surface area contributed by atoms with E-state index in [0.29, 0.717) is 5.82 Å². The summed E-state index contributed by atoms with van der Waals surface area (Å²) in [5.74, 6) is 0.125. The van der Waals surface area contributed by atoms with Gasteiger partial charge >= 0.3 is 0 Å². The first-order valence-electron chi connectivity index (χ1n) is 6.68. The molecule has 5 nitrogen and oxygen atoms in total. The Morgan fingerprint density at radius 2 is 2.05 bits per heavy atom. The molecule has 1 aliphatic rings. The van der Waals surface area contributed by atoms with Gasteiger partial charge in [-0.2, -0.15) is 0 Å². The summed E-state index contributed by atoms with van der Waals surface area (Å²) in [6.45, 7) is 0. The highest BCUT2D eigenvalue weighted by atomic mass is 16.3. The molecule has 0 saturated heterocycles. The van der Waals surface area contributed by atoms with Gasteiger partial charge in [0.1, 0.15) is 17.1 Å². The highest BCUT2D eigenvalue weighted by Gasteiger charge is 2.21. The molecule has 0 radical (unpaired) electrons. The van der Waals surface area contributed by atoms with E-state index in [1.165, 1.54) is 6.20 Å². The van der Waals surface area contributed by atoms with Crippen molar-refractivity contribution in [3.05, 3.63) is 47.4 Å². The summed E-state index contributed by atoms with van der Waals surface area (Å²) in [6.07, 6.45) is 6.79. The third-order valence-electron chi connectivity index (χ3n) is 3.48. The number of anilines is 1. The van der Waals surface area contributed by atoms with E-state index in [0.717, 1.165) is 36.9 Å². The van der Waals surface area contributed by atoms with E-state index in [4.69, 9.17) is 0 Å². The number of carbonyl (C=O) groups is 1. The number of pyridine rings is 2. The maximum atomic E-state index is 12.2. The number of aromatic hydroxyl groups is 1. The number of carbonyl (C=O) groups excluding carboxylic acids is 1. The van der Waals surface area contributed by atoms with Gasteiger partial charge in [-0.3, -0.25) is 9.78 Å². The van der Waals surface area contributed by atoms with Crippen molar-refractivity contribution in [1.29, 1.82) is 0 Å². The third kappa shape index (κ3) is 2.34. The number of fused-ring (bicyclic) bond motifs is 1. The molecule has 0 fully saturated rings. The SMILES string of the molecule is O=C(Nc1ccccn1)c1cnc2c(c1O)CCCC2. The van der Waals surface area contributed by atoms with Crippen molar-refractivity contribution >= 4 is 11.7 Å². The smallest absolute Gasteiger partial charge is 0.262 e. The lowest BCUT2D eigenvalue weighted by molar-refractivity contribution is 0.102. The molecule has 0 saturated carbocycles. The maximum Gasteiger partial charge on any atom is 0.262 e. The molecule has 0 aromatic carbocycles. The summed E-state index contributed by atoms with van der Waals surface area (Å²) in [6, 6.07) is 5.25. The fourth-order valence-electron chi connectivity index (χ4n) is 2.44. The van der Waals surface area contributed by atoms with Crippen LogP contribution >= 0.6 is 0 Å². The fourth-order valence-corrected chi connectivity index (χ4v) is 2.44. The van der Waals surface area contributed by atoms with Gasteiger partial charge in [0.25, 0.3) is 5.91 Å². The zero-order valence-corrected chi connectivity index (χ0v) is 11.0. The van der Waals surface area contributed by atoms with Gasteiger partial charge in [0.15, 0.2) is 0 Å². The maximum absolute atomic E-state index is 12.2. The minimum absolute atomic E-state index is 0.0585. The van der Waals surface area contributed by atoms with Crippen molar-refractivity contribution in [3.63, 3.8) is 0 Å². The lowest BCUT2D eigenvalue weighted by Crippen LogP contribution is -2.16. The average Bonchev–Trinajstić information content (AvgIpc) is 2.49. The molecule has 0 spiro atoms. The van der Waals surface area contributed by atoms with Gasteiger partial charge in [0, 0.05) is 23.7 Å². The summed E-state index contributed by atoms with van der Waals surface area (Å²) in [5, 5.41) is 12.9. The van der Waals surface area contributed by atoms with Gasteiger partial charge in [-0.1, -0.05) is 6.07 Å². The molecule has 0 atom stereocenters. The third-order valence-corrected chi connectivity index (χ3v) is 3.48. The number of hydrogen-bond donors (Lipinski definition) is 2. The molecule has 1 aliphatic carbocycles. The van der Waals surface area contributed by atoms with Crippen LogP contribution in [0, 0.1) is 0 Å². The van der Waals surface area contributed by atoms with Gasteiger partial charge in [0.05, 0.1) is 0 Å². The van der Waals surface area contributed by atoms with Crippen LogP contribution in [-0.2, 0) is 12.8 Å². The standard InChI is InChI=1S/C15H15N3O2/c19-14-10-5-1-2-6-12(10)17-9-11(14)15(20)18-13-7-3-4-8-16-13/h3-4,7-9H,1-2,5-6H2,(H,17,19)(H,16,18,20). The van der Waals surface area contributed by atoms with Crippen LogP contribution in [0.4, 0.5) is 5.82 Å². The minimum Gasteiger partial charge on any atom is -0.507 e. The van der Waals surface area contributed by atoms with E-state index in [-0.39, 0.29) is 17.2 Å². The molecule has 3 rings (SSSR count). The van der Waals surface area contributed by atoms with Crippen LogP contribution in [0.5, 0.6) is 5.75 Å². The normalized spacial score (nSPS) is 13.6. The molecular formula is C15H15N3O2. The first kappa shape index (κ1) is 12.6. The summed E-state index contributed by atoms with van der Waals surface area (Å²) in [4.78, 5) is 20.5. The molecule has 2 N–H and O–H groups in total.